The van der Waals surface area contributed by atoms with Crippen LogP contribution >= 0.6 is 11.3 Å². The van der Waals surface area contributed by atoms with Gasteiger partial charge in [-0.15, -0.1) is 11.3 Å². The van der Waals surface area contributed by atoms with E-state index in [0.29, 0.717) is 43.8 Å². The number of benzene rings is 1. The third kappa shape index (κ3) is 18.4. The molecule has 0 radical (unpaired) electrons. The molecule has 3 rings (SSSR count). The number of nitrogens with one attached hydrogen (secondary N) is 6. The van der Waals surface area contributed by atoms with Gasteiger partial charge in [-0.3, -0.25) is 49.3 Å². The van der Waals surface area contributed by atoms with Gasteiger partial charge in [-0.1, -0.05) is 73.4 Å². The second-order valence-electron chi connectivity index (χ2n) is 17.8. The van der Waals surface area contributed by atoms with Crippen LogP contribution in [0, 0.1) is 17.8 Å². The lowest BCUT2D eigenvalue weighted by Gasteiger charge is -2.40. The zero-order valence-corrected chi connectivity index (χ0v) is 41.5. The van der Waals surface area contributed by atoms with Crippen LogP contribution in [-0.2, 0) is 39.9 Å². The van der Waals surface area contributed by atoms with E-state index >= 15 is 0 Å². The first-order chi connectivity index (χ1) is 31.9. The summed E-state index contributed by atoms with van der Waals surface area (Å²) in [5, 5.41) is 23.0. The quantitative estimate of drug-likeness (QED) is 0.0602. The zero-order valence-electron chi connectivity index (χ0n) is 40.7. The average molecular weight is 957 g/mol. The number of aromatic nitrogens is 1. The topological polar surface area (TPSA) is 267 Å². The molecule has 1 fully saturated rings. The van der Waals surface area contributed by atoms with Gasteiger partial charge < -0.3 is 41.7 Å². The minimum atomic E-state index is -0.717. The smallest absolute Gasteiger partial charge is 0.270 e. The molecule has 0 aliphatic carbocycles. The summed E-state index contributed by atoms with van der Waals surface area (Å²) in [6, 6.07) is 4.66. The Labute approximate surface area is 399 Å². The van der Waals surface area contributed by atoms with E-state index in [1.54, 1.807) is 24.4 Å². The number of piperidine rings is 1. The molecule has 2 heterocycles. The number of carbonyl (C=O) groups is 7. The third-order valence-electron chi connectivity index (χ3n) is 12.0. The van der Waals surface area contributed by atoms with Gasteiger partial charge in [0.2, 0.25) is 29.5 Å². The number of hydrogen-bond donors (Lipinski definition) is 8. The summed E-state index contributed by atoms with van der Waals surface area (Å²) in [5.74, 6) is -3.84. The largest absolute Gasteiger partial charge is 0.508 e. The van der Waals surface area contributed by atoms with Crippen LogP contribution in [0.4, 0.5) is 0 Å². The van der Waals surface area contributed by atoms with Crippen molar-refractivity contribution in [2.45, 2.75) is 137 Å². The number of phenols is 1. The molecule has 1 aromatic heterocycles. The SMILES string of the molecule is CCCO[C@H](C[C@H](C(C)C)N(CCC)C(=O)[C@@H](NC(=O)[C@H]1CCCCN1C)[C@@H](C)CC)c1nc(C(=O)N[C@@H](Cc2ccc(O)cc2)C[C@H](C)C(=O)NNC(=O)CNC(=O)CNC(=O)CN)cs1. The number of likely N-dealkylation sites (tertiary alicyclic amines) is 1. The maximum atomic E-state index is 14.7. The van der Waals surface area contributed by atoms with Gasteiger partial charge in [0.15, 0.2) is 0 Å². The van der Waals surface area contributed by atoms with Crippen molar-refractivity contribution in [1.29, 1.82) is 0 Å². The Bertz CT molecular complexity index is 1910. The van der Waals surface area contributed by atoms with Gasteiger partial charge >= 0.3 is 0 Å². The molecule has 1 aliphatic rings. The fraction of sp³-hybridized carbons (Fsp3) is 0.660. The monoisotopic (exact) mass is 957 g/mol. The lowest BCUT2D eigenvalue weighted by molar-refractivity contribution is -0.143. The van der Waals surface area contributed by atoms with Gasteiger partial charge in [-0.2, -0.15) is 0 Å². The molecule has 9 N–H and O–H groups in total. The van der Waals surface area contributed by atoms with Crippen LogP contribution in [0.15, 0.2) is 29.6 Å². The predicted molar refractivity (Wildman–Crippen MR) is 256 cm³/mol. The van der Waals surface area contributed by atoms with Crippen molar-refractivity contribution in [2.24, 2.45) is 23.5 Å². The molecule has 20 heteroatoms. The first kappa shape index (κ1) is 56.1. The van der Waals surface area contributed by atoms with E-state index < -0.39 is 60.2 Å². The first-order valence-electron chi connectivity index (χ1n) is 23.7. The highest BCUT2D eigenvalue weighted by molar-refractivity contribution is 7.09. The highest BCUT2D eigenvalue weighted by Gasteiger charge is 2.38. The molecule has 374 valence electrons. The molecule has 0 saturated carbocycles. The molecular formula is C47H76N10O9S. The van der Waals surface area contributed by atoms with Crippen LogP contribution in [-0.4, -0.2) is 132 Å². The summed E-state index contributed by atoms with van der Waals surface area (Å²) >= 11 is 1.29. The van der Waals surface area contributed by atoms with Crippen molar-refractivity contribution in [3.05, 3.63) is 45.9 Å². The number of thiazole rings is 1. The van der Waals surface area contributed by atoms with Gasteiger partial charge in [0.1, 0.15) is 28.6 Å². The Kier molecular flexibility index (Phi) is 24.2. The second-order valence-corrected chi connectivity index (χ2v) is 18.7. The van der Waals surface area contributed by atoms with Crippen molar-refractivity contribution in [3.63, 3.8) is 0 Å². The van der Waals surface area contributed by atoms with Crippen LogP contribution in [0.2, 0.25) is 0 Å². The van der Waals surface area contributed by atoms with Gasteiger partial charge in [0.25, 0.3) is 11.8 Å². The fourth-order valence-electron chi connectivity index (χ4n) is 7.91. The predicted octanol–water partition coefficient (Wildman–Crippen LogP) is 2.69. The Morgan fingerprint density at radius 3 is 2.22 bits per heavy atom. The zero-order chi connectivity index (χ0) is 49.6. The summed E-state index contributed by atoms with van der Waals surface area (Å²) in [6.45, 7) is 14.5. The van der Waals surface area contributed by atoms with E-state index in [4.69, 9.17) is 15.5 Å². The van der Waals surface area contributed by atoms with Crippen molar-refractivity contribution in [3.8, 4) is 5.75 Å². The molecule has 1 saturated heterocycles. The molecule has 67 heavy (non-hydrogen) atoms. The fourth-order valence-corrected chi connectivity index (χ4v) is 8.77. The number of nitrogens with two attached hydrogens (primary N) is 1. The molecule has 0 unspecified atom stereocenters. The van der Waals surface area contributed by atoms with E-state index in [-0.39, 0.29) is 66.7 Å². The number of ether oxygens (including phenoxy) is 1. The molecule has 1 aliphatic heterocycles. The molecule has 7 amide bonds. The number of amides is 7. The maximum absolute atomic E-state index is 14.7. The third-order valence-corrected chi connectivity index (χ3v) is 13.0. The summed E-state index contributed by atoms with van der Waals surface area (Å²) in [6.07, 6.45) is 5.24. The Morgan fingerprint density at radius 2 is 1.60 bits per heavy atom. The standard InChI is InChI=1S/C47H76N10O9S/c1-9-19-57(47(65)42(30(6)11-3)53-45(64)36-14-12-13-20-56(36)8)37(29(4)5)24-38(66-21-10-2)46-52-35(28-67-46)44(63)51-33(23-32-15-17-34(58)18-16-32)22-31(7)43(62)55-54-41(61)27-50-40(60)26-49-39(59)25-48/h15-18,28-31,33,36-38,42,58H,9-14,19-27,48H2,1-8H3,(H,49,59)(H,50,60)(H,51,63)(H,53,64)(H,54,61)(H,55,62)/t30-,31-,33+,36+,37+,38+,42-/m0/s1. The Balaban J connectivity index is 1.79. The minimum Gasteiger partial charge on any atom is -0.508 e. The van der Waals surface area contributed by atoms with Crippen molar-refractivity contribution < 1.29 is 43.4 Å². The van der Waals surface area contributed by atoms with Crippen molar-refractivity contribution in [2.75, 3.05) is 46.4 Å². The minimum absolute atomic E-state index is 0.0138. The lowest BCUT2D eigenvalue weighted by Crippen LogP contribution is -2.58. The maximum Gasteiger partial charge on any atom is 0.270 e. The second kappa shape index (κ2) is 28.9. The summed E-state index contributed by atoms with van der Waals surface area (Å²) in [4.78, 5) is 99.9. The van der Waals surface area contributed by atoms with Gasteiger partial charge in [-0.25, -0.2) is 4.98 Å². The van der Waals surface area contributed by atoms with E-state index in [1.807, 2.05) is 39.6 Å². The van der Waals surface area contributed by atoms with Crippen LogP contribution in [0.5, 0.6) is 5.75 Å². The van der Waals surface area contributed by atoms with E-state index in [1.165, 1.54) is 23.5 Å². The molecular weight excluding hydrogens is 881 g/mol. The van der Waals surface area contributed by atoms with Gasteiger partial charge in [-0.05, 0) is 81.6 Å². The highest BCUT2D eigenvalue weighted by atomic mass is 32.1. The number of phenolic OH excluding ortho intramolecular Hbond substituents is 1. The molecule has 1 aromatic carbocycles. The van der Waals surface area contributed by atoms with E-state index in [2.05, 4.69) is 50.9 Å². The van der Waals surface area contributed by atoms with E-state index in [0.717, 1.165) is 37.8 Å². The number of aromatic hydroxyl groups is 1. The van der Waals surface area contributed by atoms with E-state index in [9.17, 15) is 38.7 Å². The van der Waals surface area contributed by atoms with Gasteiger partial charge in [0, 0.05) is 43.0 Å². The Hall–Kier alpha value is -5.18. The normalized spacial score (nSPS) is 16.7. The molecule has 7 atom stereocenters. The van der Waals surface area contributed by atoms with Crippen LogP contribution < -0.4 is 37.9 Å². The Morgan fingerprint density at radius 1 is 0.910 bits per heavy atom. The van der Waals surface area contributed by atoms with Crippen LogP contribution in [0.3, 0.4) is 0 Å². The number of hydrazine groups is 1. The van der Waals surface area contributed by atoms with Crippen molar-refractivity contribution >= 4 is 52.7 Å². The van der Waals surface area contributed by atoms with Crippen LogP contribution in [0.25, 0.3) is 0 Å². The summed E-state index contributed by atoms with van der Waals surface area (Å²) in [7, 11) is 1.96. The van der Waals surface area contributed by atoms with Crippen LogP contribution in [0.1, 0.15) is 127 Å². The first-order valence-corrected chi connectivity index (χ1v) is 24.6. The molecule has 2 aromatic rings. The number of carbonyl (C=O) groups excluding carboxylic acids is 7. The lowest BCUT2D eigenvalue weighted by atomic mass is 9.92. The number of rotatable bonds is 27. The molecule has 0 bridgehead atoms. The van der Waals surface area contributed by atoms with Gasteiger partial charge in [0.05, 0.1) is 25.7 Å². The average Bonchev–Trinajstić information content (AvgIpc) is 3.81. The summed E-state index contributed by atoms with van der Waals surface area (Å²) in [5.41, 5.74) is 10.8. The summed E-state index contributed by atoms with van der Waals surface area (Å²) < 4.78 is 6.45. The highest BCUT2D eigenvalue weighted by Crippen LogP contribution is 2.32. The molecule has 0 spiro atoms. The van der Waals surface area contributed by atoms with Crippen molar-refractivity contribution in [1.82, 2.24) is 46.9 Å². The number of nitrogens with zero attached hydrogens (tertiary/aromatic N) is 3. The number of hydrogen-bond acceptors (Lipinski definition) is 13. The number of likely N-dealkylation sites (N-methyl/N-ethyl adjacent to an activating group) is 1. The molecule has 19 nitrogen and oxygen atoms in total.